The molecule has 0 aliphatic carbocycles. The number of thiophene rings is 1. The number of rotatable bonds is 2. The van der Waals surface area contributed by atoms with Gasteiger partial charge < -0.3 is 5.73 Å². The quantitative estimate of drug-likeness (QED) is 0.674. The first kappa shape index (κ1) is 12.9. The van der Waals surface area contributed by atoms with Gasteiger partial charge in [-0.3, -0.25) is 4.79 Å². The Kier molecular flexibility index (Phi) is 3.28. The molecule has 0 aromatic carbocycles. The van der Waals surface area contributed by atoms with Crippen molar-refractivity contribution in [3.8, 4) is 6.07 Å². The average molecular weight is 277 g/mol. The largest absolute Gasteiger partial charge is 0.396 e. The Bertz CT molecular complexity index is 698. The molecule has 0 atom stereocenters. The highest BCUT2D eigenvalue weighted by atomic mass is 32.2. The smallest absolute Gasteiger partial charge is 0.162 e. The van der Waals surface area contributed by atoms with Crippen LogP contribution in [-0.4, -0.2) is 17.0 Å². The zero-order chi connectivity index (χ0) is 13.4. The lowest BCUT2D eigenvalue weighted by Gasteiger charge is -2.09. The summed E-state index contributed by atoms with van der Waals surface area (Å²) < 4.78 is 0. The molecule has 0 bridgehead atoms. The molecule has 6 heteroatoms. The van der Waals surface area contributed by atoms with Gasteiger partial charge in [-0.1, -0.05) is 0 Å². The number of pyridine rings is 1. The third-order valence-electron chi connectivity index (χ3n) is 2.67. The van der Waals surface area contributed by atoms with Crippen molar-refractivity contribution in [3.63, 3.8) is 0 Å². The maximum atomic E-state index is 11.7. The molecule has 2 heterocycles. The lowest BCUT2D eigenvalue weighted by atomic mass is 10.1. The molecule has 0 aliphatic heterocycles. The Morgan fingerprint density at radius 2 is 2.22 bits per heavy atom. The van der Waals surface area contributed by atoms with Gasteiger partial charge in [0.1, 0.15) is 15.8 Å². The molecule has 0 unspecified atom stereocenters. The lowest BCUT2D eigenvalue weighted by Crippen LogP contribution is -2.02. The second-order valence-corrected chi connectivity index (χ2v) is 5.61. The van der Waals surface area contributed by atoms with Gasteiger partial charge in [0.15, 0.2) is 5.78 Å². The van der Waals surface area contributed by atoms with E-state index in [-0.39, 0.29) is 5.78 Å². The monoisotopic (exact) mass is 277 g/mol. The molecule has 0 fully saturated rings. The van der Waals surface area contributed by atoms with Gasteiger partial charge in [0.05, 0.1) is 22.3 Å². The van der Waals surface area contributed by atoms with E-state index in [4.69, 9.17) is 11.0 Å². The summed E-state index contributed by atoms with van der Waals surface area (Å²) in [4.78, 5) is 18.1. The summed E-state index contributed by atoms with van der Waals surface area (Å²) in [5.74, 6) is -0.0321. The van der Waals surface area contributed by atoms with Crippen LogP contribution in [0, 0.1) is 18.3 Å². The topological polar surface area (TPSA) is 79.8 Å². The highest BCUT2D eigenvalue weighted by Crippen LogP contribution is 2.40. The molecule has 2 N–H and O–H groups in total. The third kappa shape index (κ3) is 1.76. The second kappa shape index (κ2) is 4.59. The van der Waals surface area contributed by atoms with Crippen LogP contribution in [0.3, 0.4) is 0 Å². The van der Waals surface area contributed by atoms with Gasteiger partial charge in [0, 0.05) is 4.90 Å². The van der Waals surface area contributed by atoms with E-state index in [0.29, 0.717) is 21.8 Å². The first-order valence-electron chi connectivity index (χ1n) is 5.18. The highest BCUT2D eigenvalue weighted by molar-refractivity contribution is 7.99. The van der Waals surface area contributed by atoms with E-state index in [1.807, 2.05) is 6.26 Å². The number of nitrogens with zero attached hydrogens (tertiary/aromatic N) is 2. The number of thioether (sulfide) groups is 1. The fourth-order valence-electron chi connectivity index (χ4n) is 1.93. The van der Waals surface area contributed by atoms with Gasteiger partial charge in [-0.15, -0.1) is 23.1 Å². The van der Waals surface area contributed by atoms with Gasteiger partial charge in [0.2, 0.25) is 0 Å². The van der Waals surface area contributed by atoms with Gasteiger partial charge in [-0.25, -0.2) is 4.98 Å². The second-order valence-electron chi connectivity index (χ2n) is 3.80. The van der Waals surface area contributed by atoms with Crippen molar-refractivity contribution in [1.29, 1.82) is 5.26 Å². The van der Waals surface area contributed by atoms with Crippen LogP contribution < -0.4 is 5.73 Å². The van der Waals surface area contributed by atoms with Gasteiger partial charge in [0.25, 0.3) is 0 Å². The van der Waals surface area contributed by atoms with Crippen LogP contribution >= 0.6 is 23.1 Å². The maximum Gasteiger partial charge on any atom is 0.162 e. The fraction of sp³-hybridized carbons (Fsp3) is 0.250. The van der Waals surface area contributed by atoms with Crippen molar-refractivity contribution in [2.75, 3.05) is 12.0 Å². The third-order valence-corrected chi connectivity index (χ3v) is 4.49. The minimum absolute atomic E-state index is 0.0321. The van der Waals surface area contributed by atoms with Crippen LogP contribution in [0.4, 0.5) is 5.69 Å². The number of ketones is 1. The number of carbonyl (C=O) groups is 1. The minimum atomic E-state index is -0.0321. The number of hydrogen-bond donors (Lipinski definition) is 1. The van der Waals surface area contributed by atoms with E-state index in [2.05, 4.69) is 11.1 Å². The number of carbonyl (C=O) groups excluding carboxylic acids is 1. The van der Waals surface area contributed by atoms with Crippen LogP contribution in [0.5, 0.6) is 0 Å². The van der Waals surface area contributed by atoms with E-state index >= 15 is 0 Å². The predicted molar refractivity (Wildman–Crippen MR) is 75.3 cm³/mol. The van der Waals surface area contributed by atoms with Crippen molar-refractivity contribution in [2.24, 2.45) is 0 Å². The van der Waals surface area contributed by atoms with Crippen molar-refractivity contribution < 1.29 is 4.79 Å². The number of nitrogens with two attached hydrogens (primary N) is 1. The summed E-state index contributed by atoms with van der Waals surface area (Å²) in [5, 5.41) is 9.75. The molecule has 2 rings (SSSR count). The fourth-order valence-corrected chi connectivity index (χ4v) is 3.85. The lowest BCUT2D eigenvalue weighted by molar-refractivity contribution is 0.101. The molecule has 0 saturated carbocycles. The Labute approximate surface area is 113 Å². The van der Waals surface area contributed by atoms with Crippen molar-refractivity contribution in [1.82, 2.24) is 4.98 Å². The molecular weight excluding hydrogens is 266 g/mol. The molecule has 4 nitrogen and oxygen atoms in total. The molecule has 2 aromatic heterocycles. The summed E-state index contributed by atoms with van der Waals surface area (Å²) in [7, 11) is 0. The van der Waals surface area contributed by atoms with E-state index < -0.39 is 0 Å². The standard InChI is InChI=1S/C12H11N3OS2/c1-5-8(6(2)16)11(17-3)9-10(14)7(4-13)18-12(9)15-5/h14H2,1-3H3. The number of nitriles is 1. The first-order valence-corrected chi connectivity index (χ1v) is 7.23. The summed E-state index contributed by atoms with van der Waals surface area (Å²) in [5.41, 5.74) is 7.68. The van der Waals surface area contributed by atoms with Crippen molar-refractivity contribution >= 4 is 44.8 Å². The van der Waals surface area contributed by atoms with Crippen LogP contribution in [-0.2, 0) is 0 Å². The number of aromatic nitrogens is 1. The molecule has 92 valence electrons. The Morgan fingerprint density at radius 3 is 2.72 bits per heavy atom. The molecule has 18 heavy (non-hydrogen) atoms. The highest BCUT2D eigenvalue weighted by Gasteiger charge is 2.21. The predicted octanol–water partition coefficient (Wildman–Crippen LogP) is 2.98. The molecule has 0 aliphatic rings. The number of nitrogen functional groups attached to an aromatic ring is 1. The number of hydrogen-bond acceptors (Lipinski definition) is 6. The SMILES string of the molecule is CSc1c(C(C)=O)c(C)nc2sc(C#N)c(N)c12. The molecule has 0 radical (unpaired) electrons. The average Bonchev–Trinajstić information content (AvgIpc) is 2.63. The Hall–Kier alpha value is -1.58. The minimum Gasteiger partial charge on any atom is -0.396 e. The number of Topliss-reactive ketones (excluding diaryl/α,β-unsaturated/α-hetero) is 1. The first-order chi connectivity index (χ1) is 8.51. The van der Waals surface area contributed by atoms with Gasteiger partial charge in [-0.05, 0) is 20.1 Å². The Balaban J connectivity index is 2.99. The van der Waals surface area contributed by atoms with Crippen LogP contribution in [0.2, 0.25) is 0 Å². The van der Waals surface area contributed by atoms with Crippen LogP contribution in [0.15, 0.2) is 4.90 Å². The zero-order valence-electron chi connectivity index (χ0n) is 10.2. The van der Waals surface area contributed by atoms with E-state index in [0.717, 1.165) is 15.1 Å². The van der Waals surface area contributed by atoms with Gasteiger partial charge >= 0.3 is 0 Å². The summed E-state index contributed by atoms with van der Waals surface area (Å²) >= 11 is 2.73. The van der Waals surface area contributed by atoms with Crippen LogP contribution in [0.1, 0.15) is 27.9 Å². The van der Waals surface area contributed by atoms with Crippen molar-refractivity contribution in [2.45, 2.75) is 18.7 Å². The number of aryl methyl sites for hydroxylation is 1. The molecule has 0 amide bonds. The molecular formula is C12H11N3OS2. The maximum absolute atomic E-state index is 11.7. The van der Waals surface area contributed by atoms with Gasteiger partial charge in [-0.2, -0.15) is 5.26 Å². The van der Waals surface area contributed by atoms with Crippen LogP contribution in [0.25, 0.3) is 10.2 Å². The zero-order valence-corrected chi connectivity index (χ0v) is 11.8. The Morgan fingerprint density at radius 1 is 1.56 bits per heavy atom. The molecule has 0 spiro atoms. The summed E-state index contributed by atoms with van der Waals surface area (Å²) in [6, 6.07) is 2.06. The number of anilines is 1. The summed E-state index contributed by atoms with van der Waals surface area (Å²) in [6.07, 6.45) is 1.89. The number of fused-ring (bicyclic) bond motifs is 1. The molecule has 2 aromatic rings. The van der Waals surface area contributed by atoms with Crippen molar-refractivity contribution in [3.05, 3.63) is 16.1 Å². The summed E-state index contributed by atoms with van der Waals surface area (Å²) in [6.45, 7) is 3.32. The normalized spacial score (nSPS) is 10.6. The molecule has 0 saturated heterocycles. The van der Waals surface area contributed by atoms with E-state index in [9.17, 15) is 4.79 Å². The van der Waals surface area contributed by atoms with E-state index in [1.165, 1.54) is 30.0 Å². The van der Waals surface area contributed by atoms with E-state index in [1.54, 1.807) is 6.92 Å².